The van der Waals surface area contributed by atoms with E-state index in [0.29, 0.717) is 0 Å². The van der Waals surface area contributed by atoms with Crippen LogP contribution in [0.2, 0.25) is 0 Å². The molecule has 1 aromatic carbocycles. The largest absolute Gasteiger partial charge is 0.384 e. The quantitative estimate of drug-likeness (QED) is 0.393. The summed E-state index contributed by atoms with van der Waals surface area (Å²) in [5.74, 6) is 0.112. The van der Waals surface area contributed by atoms with Crippen LogP contribution in [-0.2, 0) is 6.54 Å². The van der Waals surface area contributed by atoms with Gasteiger partial charge in [-0.3, -0.25) is 5.41 Å². The van der Waals surface area contributed by atoms with Crippen LogP contribution in [0.25, 0.3) is 0 Å². The molecule has 1 rings (SSSR count). The predicted octanol–water partition coefficient (Wildman–Crippen LogP) is -0.287. The lowest BCUT2D eigenvalue weighted by Gasteiger charge is -1.97. The topological polar surface area (TPSA) is 77.5 Å². The second-order valence-corrected chi connectivity index (χ2v) is 2.36. The smallest absolute Gasteiger partial charge is 0.122 e. The number of nitrogen functional groups attached to an aromatic ring is 1. The fourth-order valence-electron chi connectivity index (χ4n) is 0.851. The van der Waals surface area contributed by atoms with Crippen LogP contribution < -0.4 is 11.5 Å². The number of quaternary nitrogens is 1. The van der Waals surface area contributed by atoms with Crippen LogP contribution in [0.15, 0.2) is 24.3 Å². The molecule has 3 heteroatoms. The average Bonchev–Trinajstić information content (AvgIpc) is 2.05. The summed E-state index contributed by atoms with van der Waals surface area (Å²) in [5.41, 5.74) is 10.9. The predicted molar refractivity (Wildman–Crippen MR) is 44.1 cm³/mol. The standard InChI is InChI=1S/C8H11N3/c9-5-6-1-3-7(4-2-6)8(10)11/h1-4H,5,9H2,(H3,10,11)/p+1. The van der Waals surface area contributed by atoms with Gasteiger partial charge in [0.15, 0.2) is 0 Å². The zero-order valence-corrected chi connectivity index (χ0v) is 6.30. The van der Waals surface area contributed by atoms with Gasteiger partial charge in [0, 0.05) is 11.1 Å². The Labute approximate surface area is 65.5 Å². The molecule has 0 atom stereocenters. The van der Waals surface area contributed by atoms with Gasteiger partial charge < -0.3 is 11.5 Å². The summed E-state index contributed by atoms with van der Waals surface area (Å²) in [6.45, 7) is 0.776. The molecule has 0 aliphatic rings. The van der Waals surface area contributed by atoms with Crippen molar-refractivity contribution in [2.24, 2.45) is 5.73 Å². The van der Waals surface area contributed by atoms with Crippen LogP contribution in [-0.4, -0.2) is 5.84 Å². The van der Waals surface area contributed by atoms with Crippen LogP contribution >= 0.6 is 0 Å². The molecule has 11 heavy (non-hydrogen) atoms. The Morgan fingerprint density at radius 2 is 1.91 bits per heavy atom. The molecule has 0 unspecified atom stereocenters. The van der Waals surface area contributed by atoms with Gasteiger partial charge in [-0.05, 0) is 0 Å². The number of hydrogen-bond acceptors (Lipinski definition) is 1. The molecule has 3 nitrogen and oxygen atoms in total. The van der Waals surface area contributed by atoms with E-state index in [4.69, 9.17) is 11.1 Å². The van der Waals surface area contributed by atoms with Crippen LogP contribution in [0.5, 0.6) is 0 Å². The Hall–Kier alpha value is -1.35. The molecule has 0 heterocycles. The second kappa shape index (κ2) is 3.16. The van der Waals surface area contributed by atoms with Crippen molar-refractivity contribution in [1.82, 2.24) is 0 Å². The highest BCUT2D eigenvalue weighted by atomic mass is 14.7. The van der Waals surface area contributed by atoms with Crippen molar-refractivity contribution in [2.75, 3.05) is 0 Å². The molecule has 0 radical (unpaired) electrons. The van der Waals surface area contributed by atoms with Gasteiger partial charge in [-0.1, -0.05) is 24.3 Å². The third kappa shape index (κ3) is 1.78. The molecule has 0 fully saturated rings. The maximum atomic E-state index is 7.13. The lowest BCUT2D eigenvalue weighted by Crippen LogP contribution is -2.47. The Bertz CT molecular complexity index is 251. The van der Waals surface area contributed by atoms with Crippen molar-refractivity contribution < 1.29 is 5.73 Å². The van der Waals surface area contributed by atoms with E-state index in [1.165, 1.54) is 0 Å². The van der Waals surface area contributed by atoms with E-state index >= 15 is 0 Å². The highest BCUT2D eigenvalue weighted by molar-refractivity contribution is 5.94. The van der Waals surface area contributed by atoms with E-state index in [2.05, 4.69) is 5.73 Å². The van der Waals surface area contributed by atoms with Crippen molar-refractivity contribution in [2.45, 2.75) is 6.54 Å². The van der Waals surface area contributed by atoms with E-state index in [1.807, 2.05) is 24.3 Å². The SMILES string of the molecule is N=C(N)c1ccc(C[NH3+])cc1. The normalized spacial score (nSPS) is 9.55. The highest BCUT2D eigenvalue weighted by Crippen LogP contribution is 2.01. The van der Waals surface area contributed by atoms with Crippen LogP contribution in [0.1, 0.15) is 11.1 Å². The fourth-order valence-corrected chi connectivity index (χ4v) is 0.851. The molecule has 0 saturated carbocycles. The summed E-state index contributed by atoms with van der Waals surface area (Å²) in [7, 11) is 0. The molecule has 0 amide bonds. The van der Waals surface area contributed by atoms with Crippen LogP contribution in [0, 0.1) is 5.41 Å². The third-order valence-electron chi connectivity index (χ3n) is 1.55. The van der Waals surface area contributed by atoms with E-state index in [1.54, 1.807) is 0 Å². The van der Waals surface area contributed by atoms with Crippen molar-refractivity contribution >= 4 is 5.84 Å². The number of amidine groups is 1. The van der Waals surface area contributed by atoms with Gasteiger partial charge in [0.2, 0.25) is 0 Å². The summed E-state index contributed by atoms with van der Waals surface area (Å²) in [6.07, 6.45) is 0. The van der Waals surface area contributed by atoms with Crippen LogP contribution in [0.3, 0.4) is 0 Å². The summed E-state index contributed by atoms with van der Waals surface area (Å²) in [4.78, 5) is 0. The molecule has 0 aliphatic carbocycles. The molecular weight excluding hydrogens is 138 g/mol. The minimum atomic E-state index is 0.112. The lowest BCUT2D eigenvalue weighted by atomic mass is 10.1. The molecule has 6 N–H and O–H groups in total. The zero-order chi connectivity index (χ0) is 8.27. The maximum absolute atomic E-state index is 7.13. The fraction of sp³-hybridized carbons (Fsp3) is 0.125. The third-order valence-corrected chi connectivity index (χ3v) is 1.55. The number of nitrogens with two attached hydrogens (primary N) is 1. The van der Waals surface area contributed by atoms with Crippen molar-refractivity contribution in [1.29, 1.82) is 5.41 Å². The monoisotopic (exact) mass is 150 g/mol. The number of benzene rings is 1. The Balaban J connectivity index is 2.91. The first-order valence-corrected chi connectivity index (χ1v) is 3.46. The van der Waals surface area contributed by atoms with Crippen LogP contribution in [0.4, 0.5) is 0 Å². The first kappa shape index (κ1) is 7.75. The number of hydrogen-bond donors (Lipinski definition) is 3. The summed E-state index contributed by atoms with van der Waals surface area (Å²) in [6, 6.07) is 7.54. The number of rotatable bonds is 2. The summed E-state index contributed by atoms with van der Waals surface area (Å²) < 4.78 is 0. The molecule has 1 aromatic rings. The minimum Gasteiger partial charge on any atom is -0.384 e. The van der Waals surface area contributed by atoms with Gasteiger partial charge in [-0.25, -0.2) is 0 Å². The zero-order valence-electron chi connectivity index (χ0n) is 6.30. The Kier molecular flexibility index (Phi) is 2.23. The Morgan fingerprint density at radius 3 is 2.27 bits per heavy atom. The van der Waals surface area contributed by atoms with E-state index in [0.717, 1.165) is 17.7 Å². The molecule has 0 saturated heterocycles. The molecule has 0 aliphatic heterocycles. The number of nitrogens with one attached hydrogen (secondary N) is 1. The summed E-state index contributed by atoms with van der Waals surface area (Å²) in [5, 5.41) is 7.13. The maximum Gasteiger partial charge on any atom is 0.122 e. The highest BCUT2D eigenvalue weighted by Gasteiger charge is 1.95. The Morgan fingerprint density at radius 1 is 1.36 bits per heavy atom. The van der Waals surface area contributed by atoms with Gasteiger partial charge >= 0.3 is 0 Å². The van der Waals surface area contributed by atoms with Crippen molar-refractivity contribution in [3.8, 4) is 0 Å². The average molecular weight is 150 g/mol. The molecule has 0 bridgehead atoms. The first-order chi connectivity index (χ1) is 5.24. The van der Waals surface area contributed by atoms with Gasteiger partial charge in [0.05, 0.1) is 6.54 Å². The lowest BCUT2D eigenvalue weighted by molar-refractivity contribution is -0.386. The molecular formula is C8H12N3+. The van der Waals surface area contributed by atoms with Crippen molar-refractivity contribution in [3.63, 3.8) is 0 Å². The van der Waals surface area contributed by atoms with Crippen molar-refractivity contribution in [3.05, 3.63) is 35.4 Å². The van der Waals surface area contributed by atoms with E-state index < -0.39 is 0 Å². The van der Waals surface area contributed by atoms with Gasteiger partial charge in [-0.15, -0.1) is 0 Å². The van der Waals surface area contributed by atoms with Gasteiger partial charge in [-0.2, -0.15) is 0 Å². The second-order valence-electron chi connectivity index (χ2n) is 2.36. The summed E-state index contributed by atoms with van der Waals surface area (Å²) >= 11 is 0. The van der Waals surface area contributed by atoms with E-state index in [9.17, 15) is 0 Å². The van der Waals surface area contributed by atoms with Gasteiger partial charge in [0.1, 0.15) is 5.84 Å². The van der Waals surface area contributed by atoms with Gasteiger partial charge in [0.25, 0.3) is 0 Å². The molecule has 58 valence electrons. The minimum absolute atomic E-state index is 0.112. The van der Waals surface area contributed by atoms with E-state index in [-0.39, 0.29) is 5.84 Å². The first-order valence-electron chi connectivity index (χ1n) is 3.46. The molecule has 0 aromatic heterocycles. The molecule has 0 spiro atoms.